The maximum atomic E-state index is 11.7. The highest BCUT2D eigenvalue weighted by Gasteiger charge is 2.23. The highest BCUT2D eigenvalue weighted by atomic mass is 16.8. The van der Waals surface area contributed by atoms with E-state index in [-0.39, 0.29) is 24.7 Å². The lowest BCUT2D eigenvalue weighted by atomic mass is 10.1. The van der Waals surface area contributed by atoms with Gasteiger partial charge in [0.05, 0.1) is 0 Å². The van der Waals surface area contributed by atoms with Crippen LogP contribution in [0.5, 0.6) is 0 Å². The molecule has 0 saturated carbocycles. The van der Waals surface area contributed by atoms with Crippen molar-refractivity contribution in [3.05, 3.63) is 108 Å². The molecule has 0 bridgehead atoms. The average molecular weight is 497 g/mol. The van der Waals surface area contributed by atoms with Gasteiger partial charge in [-0.25, -0.2) is 9.59 Å². The summed E-state index contributed by atoms with van der Waals surface area (Å²) < 4.78 is 5.03. The summed E-state index contributed by atoms with van der Waals surface area (Å²) in [6.07, 6.45) is -0.494. The number of carbonyl (C=O) groups is 3. The Bertz CT molecular complexity index is 1080. The number of ether oxygens (including phenoxy) is 1. The fourth-order valence-electron chi connectivity index (χ4n) is 3.06. The van der Waals surface area contributed by atoms with Gasteiger partial charge in [-0.1, -0.05) is 96.2 Å². The molecule has 0 saturated heterocycles. The Kier molecular flexibility index (Phi) is 11.6. The summed E-state index contributed by atoms with van der Waals surface area (Å²) in [7, 11) is 0. The number of rotatable bonds is 10. The Morgan fingerprint density at radius 1 is 0.694 bits per heavy atom. The van der Waals surface area contributed by atoms with Crippen LogP contribution < -0.4 is 5.32 Å². The first-order chi connectivity index (χ1) is 17.3. The van der Waals surface area contributed by atoms with Crippen molar-refractivity contribution in [2.75, 3.05) is 0 Å². The topological polar surface area (TPSA) is 157 Å². The second kappa shape index (κ2) is 14.9. The summed E-state index contributed by atoms with van der Waals surface area (Å²) in [6, 6.07) is 24.7. The molecule has 0 aromatic heterocycles. The standard InChI is InChI=1S/C17H17NO4.C9H11NO4/c19-16(20)15(11-13-7-3-1-4-8-13)18-17(21)22-12-14-9-5-2-6-10-14;11-9(12)8(10(13)14)6-7-4-2-1-3-5-7/h1-10,15H,11-12H2,(H,18,21)(H,19,20);1-5,8,13-14H,6H2,(H,11,12). The van der Waals surface area contributed by atoms with E-state index in [0.29, 0.717) is 0 Å². The van der Waals surface area contributed by atoms with Crippen molar-refractivity contribution in [1.82, 2.24) is 10.5 Å². The first kappa shape index (κ1) is 28.0. The van der Waals surface area contributed by atoms with E-state index in [2.05, 4.69) is 5.32 Å². The summed E-state index contributed by atoms with van der Waals surface area (Å²) in [5.74, 6) is -2.38. The number of benzene rings is 3. The molecule has 3 rings (SSSR count). The van der Waals surface area contributed by atoms with Crippen molar-refractivity contribution in [1.29, 1.82) is 0 Å². The Morgan fingerprint density at radius 2 is 1.14 bits per heavy atom. The number of amides is 1. The summed E-state index contributed by atoms with van der Waals surface area (Å²) >= 11 is 0. The van der Waals surface area contributed by atoms with Crippen molar-refractivity contribution in [3.63, 3.8) is 0 Å². The molecule has 5 N–H and O–H groups in total. The normalized spacial score (nSPS) is 12.0. The van der Waals surface area contributed by atoms with Crippen molar-refractivity contribution in [2.24, 2.45) is 0 Å². The van der Waals surface area contributed by atoms with Crippen LogP contribution in [0.15, 0.2) is 91.0 Å². The number of nitrogens with zero attached hydrogens (tertiary/aromatic N) is 1. The molecule has 3 aromatic carbocycles. The van der Waals surface area contributed by atoms with Gasteiger partial charge in [-0.3, -0.25) is 15.2 Å². The number of alkyl carbamates (subject to hydrolysis) is 1. The molecule has 0 aliphatic rings. The third kappa shape index (κ3) is 10.3. The number of aliphatic carboxylic acids is 2. The number of hydrogen-bond acceptors (Lipinski definition) is 7. The summed E-state index contributed by atoms with van der Waals surface area (Å²) in [5.41, 5.74) is 2.40. The van der Waals surface area contributed by atoms with Crippen LogP contribution in [0, 0.1) is 0 Å². The smallest absolute Gasteiger partial charge is 0.408 e. The third-order valence-electron chi connectivity index (χ3n) is 4.92. The molecule has 1 amide bonds. The van der Waals surface area contributed by atoms with Crippen LogP contribution in [0.25, 0.3) is 0 Å². The molecule has 10 nitrogen and oxygen atoms in total. The van der Waals surface area contributed by atoms with Crippen LogP contribution in [0.1, 0.15) is 16.7 Å². The van der Waals surface area contributed by atoms with Crippen LogP contribution in [0.4, 0.5) is 4.79 Å². The Labute approximate surface area is 207 Å². The van der Waals surface area contributed by atoms with E-state index in [1.54, 1.807) is 30.3 Å². The van der Waals surface area contributed by atoms with Gasteiger partial charge in [-0.2, -0.15) is 0 Å². The second-order valence-corrected chi connectivity index (χ2v) is 7.65. The number of hydroxylamine groups is 2. The zero-order valence-electron chi connectivity index (χ0n) is 19.3. The van der Waals surface area contributed by atoms with Crippen molar-refractivity contribution >= 4 is 18.0 Å². The fraction of sp³-hybridized carbons (Fsp3) is 0.192. The summed E-state index contributed by atoms with van der Waals surface area (Å²) in [6.45, 7) is 0.102. The van der Waals surface area contributed by atoms with Gasteiger partial charge in [0.2, 0.25) is 0 Å². The highest BCUT2D eigenvalue weighted by Crippen LogP contribution is 2.07. The van der Waals surface area contributed by atoms with Gasteiger partial charge in [-0.05, 0) is 16.7 Å². The lowest BCUT2D eigenvalue weighted by Crippen LogP contribution is -2.42. The molecule has 190 valence electrons. The molecule has 0 heterocycles. The van der Waals surface area contributed by atoms with Gasteiger partial charge in [0, 0.05) is 12.8 Å². The number of carboxylic acid groups (broad SMARTS) is 2. The van der Waals surface area contributed by atoms with Crippen molar-refractivity contribution < 1.29 is 39.7 Å². The molecule has 0 fully saturated rings. The first-order valence-electron chi connectivity index (χ1n) is 10.9. The molecular formula is C26H28N2O8. The molecule has 2 atom stereocenters. The molecular weight excluding hydrogens is 468 g/mol. The first-order valence-corrected chi connectivity index (χ1v) is 10.9. The Balaban J connectivity index is 0.000000281. The van der Waals surface area contributed by atoms with E-state index in [0.717, 1.165) is 16.7 Å². The van der Waals surface area contributed by atoms with Gasteiger partial charge in [0.15, 0.2) is 6.04 Å². The van der Waals surface area contributed by atoms with Crippen molar-refractivity contribution in [2.45, 2.75) is 31.5 Å². The van der Waals surface area contributed by atoms with E-state index < -0.39 is 30.1 Å². The monoisotopic (exact) mass is 496 g/mol. The minimum atomic E-state index is -1.34. The van der Waals surface area contributed by atoms with Crippen LogP contribution in [0.2, 0.25) is 0 Å². The SMILES string of the molecule is O=C(NC(Cc1ccccc1)C(=O)O)OCc1ccccc1.O=C(O)C(Cc1ccccc1)N(O)O. The molecule has 36 heavy (non-hydrogen) atoms. The summed E-state index contributed by atoms with van der Waals surface area (Å²) in [4.78, 5) is 33.6. The lowest BCUT2D eigenvalue weighted by Gasteiger charge is -2.15. The predicted molar refractivity (Wildman–Crippen MR) is 128 cm³/mol. The Hall–Kier alpha value is -4.25. The molecule has 3 aromatic rings. The largest absolute Gasteiger partial charge is 0.480 e. The van der Waals surface area contributed by atoms with Gasteiger partial charge < -0.3 is 20.3 Å². The number of carboxylic acids is 2. The minimum absolute atomic E-state index is 0.0448. The number of carbonyl (C=O) groups excluding carboxylic acids is 1. The fourth-order valence-corrected chi connectivity index (χ4v) is 3.06. The lowest BCUT2D eigenvalue weighted by molar-refractivity contribution is -0.327. The predicted octanol–water partition coefficient (Wildman–Crippen LogP) is 3.37. The van der Waals surface area contributed by atoms with Gasteiger partial charge in [0.25, 0.3) is 0 Å². The van der Waals surface area contributed by atoms with Gasteiger partial charge in [-0.15, -0.1) is 0 Å². The van der Waals surface area contributed by atoms with Crippen LogP contribution in [-0.4, -0.2) is 56.0 Å². The van der Waals surface area contributed by atoms with E-state index in [9.17, 15) is 19.5 Å². The summed E-state index contributed by atoms with van der Waals surface area (Å²) in [5, 5.41) is 37.2. The van der Waals surface area contributed by atoms with Crippen LogP contribution in [0.3, 0.4) is 0 Å². The van der Waals surface area contributed by atoms with Crippen LogP contribution in [-0.2, 0) is 33.8 Å². The van der Waals surface area contributed by atoms with Crippen molar-refractivity contribution in [3.8, 4) is 0 Å². The zero-order valence-corrected chi connectivity index (χ0v) is 19.3. The zero-order chi connectivity index (χ0) is 26.3. The Morgan fingerprint density at radius 3 is 1.56 bits per heavy atom. The van der Waals surface area contributed by atoms with E-state index >= 15 is 0 Å². The number of hydrogen-bond donors (Lipinski definition) is 5. The molecule has 0 aliphatic carbocycles. The molecule has 0 aliphatic heterocycles. The van der Waals surface area contributed by atoms with Crippen LogP contribution >= 0.6 is 0 Å². The van der Waals surface area contributed by atoms with E-state index in [4.69, 9.17) is 20.3 Å². The van der Waals surface area contributed by atoms with Gasteiger partial charge in [0.1, 0.15) is 12.6 Å². The molecule has 0 radical (unpaired) electrons. The van der Waals surface area contributed by atoms with Gasteiger partial charge >= 0.3 is 18.0 Å². The molecule has 10 heteroatoms. The average Bonchev–Trinajstić information content (AvgIpc) is 2.87. The molecule has 0 spiro atoms. The quantitative estimate of drug-likeness (QED) is 0.266. The number of nitrogens with one attached hydrogen (secondary N) is 1. The third-order valence-corrected chi connectivity index (χ3v) is 4.92. The highest BCUT2D eigenvalue weighted by molar-refractivity contribution is 5.80. The maximum Gasteiger partial charge on any atom is 0.408 e. The molecule has 2 unspecified atom stereocenters. The van der Waals surface area contributed by atoms with E-state index in [1.165, 1.54) is 0 Å². The minimum Gasteiger partial charge on any atom is -0.480 e. The second-order valence-electron chi connectivity index (χ2n) is 7.65. The van der Waals surface area contributed by atoms with E-state index in [1.807, 2.05) is 60.7 Å². The maximum absolute atomic E-state index is 11.7.